The fourth-order valence-electron chi connectivity index (χ4n) is 1.76. The second-order valence-corrected chi connectivity index (χ2v) is 4.46. The van der Waals surface area contributed by atoms with Gasteiger partial charge in [0.1, 0.15) is 11.5 Å². The number of carboxylic acid groups (broad SMARTS) is 2. The summed E-state index contributed by atoms with van der Waals surface area (Å²) < 4.78 is 11.0. The molecule has 2 rings (SSSR count). The van der Waals surface area contributed by atoms with Gasteiger partial charge in [-0.15, -0.1) is 0 Å². The lowest BCUT2D eigenvalue weighted by molar-refractivity contribution is 0.0223. The van der Waals surface area contributed by atoms with Crippen LogP contribution < -0.4 is 9.47 Å². The first-order chi connectivity index (χ1) is 10.5. The highest BCUT2D eigenvalue weighted by molar-refractivity contribution is 5.88. The molecule has 22 heavy (non-hydrogen) atoms. The lowest BCUT2D eigenvalue weighted by Crippen LogP contribution is -2.19. The van der Waals surface area contributed by atoms with E-state index >= 15 is 0 Å². The second-order valence-electron chi connectivity index (χ2n) is 4.46. The molecule has 0 saturated carbocycles. The summed E-state index contributed by atoms with van der Waals surface area (Å²) in [5.41, 5.74) is 0.343. The van der Waals surface area contributed by atoms with Gasteiger partial charge in [-0.05, 0) is 48.5 Å². The average molecular weight is 302 g/mol. The average Bonchev–Trinajstić information content (AvgIpc) is 2.48. The van der Waals surface area contributed by atoms with Crippen molar-refractivity contribution in [1.82, 2.24) is 0 Å². The van der Waals surface area contributed by atoms with Crippen molar-refractivity contribution in [3.63, 3.8) is 0 Å². The fourth-order valence-corrected chi connectivity index (χ4v) is 1.76. The Kier molecular flexibility index (Phi) is 4.63. The molecular formula is C16H14O6. The molecule has 0 aliphatic carbocycles. The summed E-state index contributed by atoms with van der Waals surface area (Å²) in [5, 5.41) is 17.6. The summed E-state index contributed by atoms with van der Waals surface area (Å²) in [7, 11) is 0. The zero-order chi connectivity index (χ0) is 16.1. The molecule has 2 aromatic carbocycles. The van der Waals surface area contributed by atoms with E-state index in [0.29, 0.717) is 11.5 Å². The van der Waals surface area contributed by atoms with E-state index in [-0.39, 0.29) is 11.1 Å². The van der Waals surface area contributed by atoms with Crippen molar-refractivity contribution >= 4 is 11.9 Å². The van der Waals surface area contributed by atoms with Gasteiger partial charge in [0.05, 0.1) is 11.1 Å². The van der Waals surface area contributed by atoms with Crippen LogP contribution in [0.25, 0.3) is 0 Å². The van der Waals surface area contributed by atoms with E-state index in [1.165, 1.54) is 48.5 Å². The molecule has 0 aliphatic rings. The van der Waals surface area contributed by atoms with Crippen molar-refractivity contribution in [1.29, 1.82) is 0 Å². The molecular weight excluding hydrogens is 288 g/mol. The van der Waals surface area contributed by atoms with E-state index in [1.807, 2.05) is 0 Å². The SMILES string of the molecule is CC(Oc1ccc(C(=O)O)cc1)Oc1ccc(C(=O)O)cc1. The number of hydrogen-bond donors (Lipinski definition) is 2. The summed E-state index contributed by atoms with van der Waals surface area (Å²) >= 11 is 0. The van der Waals surface area contributed by atoms with Crippen LogP contribution in [0.5, 0.6) is 11.5 Å². The van der Waals surface area contributed by atoms with Crippen molar-refractivity contribution in [3.8, 4) is 11.5 Å². The first-order valence-electron chi connectivity index (χ1n) is 6.46. The summed E-state index contributed by atoms with van der Waals surface area (Å²) in [6.07, 6.45) is -0.619. The molecule has 0 heterocycles. The Morgan fingerprint density at radius 3 is 1.36 bits per heavy atom. The molecule has 0 atom stereocenters. The molecule has 0 fully saturated rings. The summed E-state index contributed by atoms with van der Waals surface area (Å²) in [5.74, 6) is -1.07. The standard InChI is InChI=1S/C16H14O6/c1-10(21-13-6-2-11(3-7-13)15(17)18)22-14-8-4-12(5-9-14)16(19)20/h2-10H,1H3,(H,17,18)(H,19,20). The highest BCUT2D eigenvalue weighted by atomic mass is 16.7. The van der Waals surface area contributed by atoms with Crippen LogP contribution in [0.4, 0.5) is 0 Å². The van der Waals surface area contributed by atoms with Gasteiger partial charge in [-0.2, -0.15) is 0 Å². The van der Waals surface area contributed by atoms with E-state index < -0.39 is 18.2 Å². The molecule has 0 radical (unpaired) electrons. The van der Waals surface area contributed by atoms with Crippen LogP contribution in [0.15, 0.2) is 48.5 Å². The molecule has 6 heteroatoms. The number of hydrogen-bond acceptors (Lipinski definition) is 4. The third-order valence-corrected chi connectivity index (χ3v) is 2.81. The Morgan fingerprint density at radius 2 is 1.09 bits per heavy atom. The minimum absolute atomic E-state index is 0.171. The van der Waals surface area contributed by atoms with Crippen LogP contribution in [-0.4, -0.2) is 28.4 Å². The summed E-state index contributed by atoms with van der Waals surface area (Å²) in [4.78, 5) is 21.5. The zero-order valence-corrected chi connectivity index (χ0v) is 11.7. The summed E-state index contributed by atoms with van der Waals surface area (Å²) in [6.45, 7) is 1.68. The second kappa shape index (κ2) is 6.62. The van der Waals surface area contributed by atoms with Crippen LogP contribution in [0.2, 0.25) is 0 Å². The number of aromatic carboxylic acids is 2. The quantitative estimate of drug-likeness (QED) is 0.797. The number of ether oxygens (including phenoxy) is 2. The maximum atomic E-state index is 10.7. The molecule has 0 amide bonds. The third-order valence-electron chi connectivity index (χ3n) is 2.81. The highest BCUT2D eigenvalue weighted by Gasteiger charge is 2.08. The van der Waals surface area contributed by atoms with Gasteiger partial charge >= 0.3 is 11.9 Å². The van der Waals surface area contributed by atoms with E-state index in [9.17, 15) is 9.59 Å². The molecule has 0 spiro atoms. The molecule has 2 aromatic rings. The molecule has 0 bridgehead atoms. The topological polar surface area (TPSA) is 93.1 Å². The Morgan fingerprint density at radius 1 is 0.773 bits per heavy atom. The van der Waals surface area contributed by atoms with Gasteiger partial charge < -0.3 is 19.7 Å². The molecule has 0 aromatic heterocycles. The molecule has 0 saturated heterocycles. The maximum absolute atomic E-state index is 10.7. The van der Waals surface area contributed by atoms with Crippen LogP contribution in [0.1, 0.15) is 27.6 Å². The third kappa shape index (κ3) is 3.99. The van der Waals surface area contributed by atoms with Gasteiger partial charge in [-0.3, -0.25) is 0 Å². The monoisotopic (exact) mass is 302 g/mol. The maximum Gasteiger partial charge on any atom is 0.335 e. The summed E-state index contributed by atoms with van der Waals surface area (Å²) in [6, 6.07) is 11.9. The van der Waals surface area contributed by atoms with E-state index in [0.717, 1.165) is 0 Å². The van der Waals surface area contributed by atoms with Gasteiger partial charge in [-0.1, -0.05) is 0 Å². The Balaban J connectivity index is 1.95. The van der Waals surface area contributed by atoms with E-state index in [1.54, 1.807) is 6.92 Å². The van der Waals surface area contributed by atoms with Crippen molar-refractivity contribution in [3.05, 3.63) is 59.7 Å². The van der Waals surface area contributed by atoms with E-state index in [2.05, 4.69) is 0 Å². The Bertz CT molecular complexity index is 601. The lowest BCUT2D eigenvalue weighted by Gasteiger charge is -2.16. The minimum Gasteiger partial charge on any atom is -0.478 e. The fraction of sp³-hybridized carbons (Fsp3) is 0.125. The van der Waals surface area contributed by atoms with Crippen molar-refractivity contribution < 1.29 is 29.3 Å². The first kappa shape index (κ1) is 15.4. The van der Waals surface area contributed by atoms with Gasteiger partial charge in [0, 0.05) is 6.92 Å². The number of benzene rings is 2. The number of rotatable bonds is 6. The largest absolute Gasteiger partial charge is 0.478 e. The van der Waals surface area contributed by atoms with Gasteiger partial charge in [0.2, 0.25) is 6.29 Å². The minimum atomic E-state index is -1.01. The predicted octanol–water partition coefficient (Wildman–Crippen LogP) is 2.89. The molecule has 2 N–H and O–H groups in total. The molecule has 6 nitrogen and oxygen atoms in total. The van der Waals surface area contributed by atoms with Gasteiger partial charge in [0.25, 0.3) is 0 Å². The van der Waals surface area contributed by atoms with Crippen molar-refractivity contribution in [2.24, 2.45) is 0 Å². The normalized spacial score (nSPS) is 10.3. The number of carbonyl (C=O) groups is 2. The zero-order valence-electron chi connectivity index (χ0n) is 11.7. The van der Waals surface area contributed by atoms with Crippen molar-refractivity contribution in [2.45, 2.75) is 13.2 Å². The predicted molar refractivity (Wildman–Crippen MR) is 77.5 cm³/mol. The number of carboxylic acids is 2. The Labute approximate surface area is 126 Å². The molecule has 0 aliphatic heterocycles. The highest BCUT2D eigenvalue weighted by Crippen LogP contribution is 2.18. The first-order valence-corrected chi connectivity index (χ1v) is 6.46. The Hall–Kier alpha value is -3.02. The van der Waals surface area contributed by atoms with E-state index in [4.69, 9.17) is 19.7 Å². The smallest absolute Gasteiger partial charge is 0.335 e. The van der Waals surface area contributed by atoms with Gasteiger partial charge in [-0.25, -0.2) is 9.59 Å². The van der Waals surface area contributed by atoms with Crippen molar-refractivity contribution in [2.75, 3.05) is 0 Å². The van der Waals surface area contributed by atoms with Crippen LogP contribution in [-0.2, 0) is 0 Å². The molecule has 114 valence electrons. The van der Waals surface area contributed by atoms with Gasteiger partial charge in [0.15, 0.2) is 0 Å². The van der Waals surface area contributed by atoms with Crippen LogP contribution in [0, 0.1) is 0 Å². The lowest BCUT2D eigenvalue weighted by atomic mass is 10.2. The van der Waals surface area contributed by atoms with Crippen LogP contribution >= 0.6 is 0 Å². The molecule has 0 unspecified atom stereocenters. The van der Waals surface area contributed by atoms with Crippen LogP contribution in [0.3, 0.4) is 0 Å².